The van der Waals surface area contributed by atoms with Crippen LogP contribution in [0.2, 0.25) is 0 Å². The lowest BCUT2D eigenvalue weighted by atomic mass is 10.2. The van der Waals surface area contributed by atoms with Crippen LogP contribution in [-0.4, -0.2) is 38.3 Å². The maximum absolute atomic E-state index is 4.44. The Balaban J connectivity index is 2.02. The van der Waals surface area contributed by atoms with Crippen LogP contribution in [-0.2, 0) is 6.42 Å². The summed E-state index contributed by atoms with van der Waals surface area (Å²) in [6.07, 6.45) is 2.57. The van der Waals surface area contributed by atoms with Gasteiger partial charge in [-0.15, -0.1) is 22.0 Å². The van der Waals surface area contributed by atoms with Crippen molar-refractivity contribution in [1.82, 2.24) is 20.2 Å². The molecule has 0 spiro atoms. The fraction of sp³-hybridized carbons (Fsp3) is 0.571. The van der Waals surface area contributed by atoms with Gasteiger partial charge in [0.25, 0.3) is 0 Å². The van der Waals surface area contributed by atoms with Crippen molar-refractivity contribution in [2.24, 2.45) is 5.10 Å². The highest BCUT2D eigenvalue weighted by molar-refractivity contribution is 8.14. The van der Waals surface area contributed by atoms with E-state index in [2.05, 4.69) is 20.6 Å². The van der Waals surface area contributed by atoms with Gasteiger partial charge in [0, 0.05) is 18.7 Å². The molecule has 1 fully saturated rings. The van der Waals surface area contributed by atoms with Crippen molar-refractivity contribution < 1.29 is 0 Å². The molecule has 3 heterocycles. The summed E-state index contributed by atoms with van der Waals surface area (Å²) in [5.74, 6) is 2.05. The van der Waals surface area contributed by atoms with Gasteiger partial charge in [0.15, 0.2) is 5.82 Å². The number of nitrogens with zero attached hydrogens (tertiary/aromatic N) is 4. The van der Waals surface area contributed by atoms with Gasteiger partial charge in [-0.1, -0.05) is 0 Å². The second kappa shape index (κ2) is 2.81. The van der Waals surface area contributed by atoms with Crippen LogP contribution < -0.4 is 5.32 Å². The van der Waals surface area contributed by atoms with Crippen LogP contribution in [0.15, 0.2) is 11.4 Å². The molecule has 0 saturated carbocycles. The van der Waals surface area contributed by atoms with Gasteiger partial charge >= 0.3 is 0 Å². The summed E-state index contributed by atoms with van der Waals surface area (Å²) in [7, 11) is 0. The normalized spacial score (nSPS) is 26.2. The Morgan fingerprint density at radius 2 is 2.62 bits per heavy atom. The number of hydrogen-bond donors (Lipinski definition) is 1. The Bertz CT molecular complexity index is 358. The second-order valence-electron chi connectivity index (χ2n) is 3.09. The molecule has 5 nitrogen and oxygen atoms in total. The standard InChI is InChI=1S/C7H9N5S/c1-2-13-7-5(8-1)3-6-10-9-4-12(6)11-7/h4-5,8H,1-3H2. The molecule has 0 amide bonds. The summed E-state index contributed by atoms with van der Waals surface area (Å²) in [5.41, 5.74) is 0. The van der Waals surface area contributed by atoms with E-state index in [9.17, 15) is 0 Å². The molecule has 0 aromatic carbocycles. The predicted octanol–water partition coefficient (Wildman–Crippen LogP) is -0.299. The number of rotatable bonds is 0. The van der Waals surface area contributed by atoms with Crippen LogP contribution in [0.4, 0.5) is 0 Å². The van der Waals surface area contributed by atoms with E-state index in [1.54, 1.807) is 11.0 Å². The largest absolute Gasteiger partial charge is 0.307 e. The Morgan fingerprint density at radius 3 is 3.62 bits per heavy atom. The third-order valence-corrected chi connectivity index (χ3v) is 3.30. The van der Waals surface area contributed by atoms with Gasteiger partial charge in [-0.2, -0.15) is 5.10 Å². The minimum atomic E-state index is 0.371. The van der Waals surface area contributed by atoms with Crippen LogP contribution in [0.3, 0.4) is 0 Å². The minimum Gasteiger partial charge on any atom is -0.307 e. The summed E-state index contributed by atoms with van der Waals surface area (Å²) in [6.45, 7) is 1.06. The predicted molar refractivity (Wildman–Crippen MR) is 50.8 cm³/mol. The highest BCUT2D eigenvalue weighted by atomic mass is 32.2. The zero-order valence-electron chi connectivity index (χ0n) is 6.97. The summed E-state index contributed by atoms with van der Waals surface area (Å²) in [5, 5.41) is 16.9. The molecule has 13 heavy (non-hydrogen) atoms. The zero-order valence-corrected chi connectivity index (χ0v) is 7.79. The Labute approximate surface area is 79.6 Å². The van der Waals surface area contributed by atoms with Crippen LogP contribution in [0, 0.1) is 0 Å². The van der Waals surface area contributed by atoms with Gasteiger partial charge in [0.2, 0.25) is 0 Å². The van der Waals surface area contributed by atoms with Gasteiger partial charge < -0.3 is 5.32 Å². The topological polar surface area (TPSA) is 55.1 Å². The molecule has 1 aromatic heterocycles. The number of aromatic nitrogens is 3. The molecule has 1 atom stereocenters. The van der Waals surface area contributed by atoms with Crippen LogP contribution in [0.5, 0.6) is 0 Å². The van der Waals surface area contributed by atoms with Crippen molar-refractivity contribution >= 4 is 16.8 Å². The second-order valence-corrected chi connectivity index (χ2v) is 4.20. The molecule has 0 radical (unpaired) electrons. The number of hydrogen-bond acceptors (Lipinski definition) is 5. The first kappa shape index (κ1) is 7.52. The average Bonchev–Trinajstić information content (AvgIpc) is 2.61. The smallest absolute Gasteiger partial charge is 0.156 e. The molecular weight excluding hydrogens is 186 g/mol. The first-order valence-electron chi connectivity index (χ1n) is 4.27. The fourth-order valence-corrected chi connectivity index (χ4v) is 2.54. The first-order valence-corrected chi connectivity index (χ1v) is 5.26. The molecule has 3 rings (SSSR count). The van der Waals surface area contributed by atoms with Gasteiger partial charge in [0.05, 0.1) is 6.04 Å². The van der Waals surface area contributed by atoms with E-state index >= 15 is 0 Å². The summed E-state index contributed by atoms with van der Waals surface area (Å²) in [6, 6.07) is 0.371. The maximum Gasteiger partial charge on any atom is 0.156 e. The lowest BCUT2D eigenvalue weighted by Crippen LogP contribution is -2.45. The highest BCUT2D eigenvalue weighted by Crippen LogP contribution is 2.19. The van der Waals surface area contributed by atoms with Crippen molar-refractivity contribution in [2.75, 3.05) is 12.3 Å². The van der Waals surface area contributed by atoms with E-state index < -0.39 is 0 Å². The molecule has 0 bridgehead atoms. The molecule has 1 unspecified atom stereocenters. The fourth-order valence-electron chi connectivity index (χ4n) is 1.60. The molecule has 1 N–H and O–H groups in total. The van der Waals surface area contributed by atoms with Gasteiger partial charge in [-0.05, 0) is 0 Å². The first-order chi connectivity index (χ1) is 6.43. The van der Waals surface area contributed by atoms with Crippen LogP contribution in [0.1, 0.15) is 5.82 Å². The number of thioether (sulfide) groups is 1. The van der Waals surface area contributed by atoms with E-state index in [-0.39, 0.29) is 0 Å². The Hall–Kier alpha value is -0.880. The Kier molecular flexibility index (Phi) is 1.63. The van der Waals surface area contributed by atoms with Crippen molar-refractivity contribution in [3.8, 4) is 0 Å². The lowest BCUT2D eigenvalue weighted by Gasteiger charge is -2.27. The molecule has 1 saturated heterocycles. The van der Waals surface area contributed by atoms with Gasteiger partial charge in [-0.25, -0.2) is 4.68 Å². The van der Waals surface area contributed by atoms with Crippen molar-refractivity contribution in [2.45, 2.75) is 12.5 Å². The number of fused-ring (bicyclic) bond motifs is 2. The van der Waals surface area contributed by atoms with Crippen LogP contribution in [0.25, 0.3) is 0 Å². The van der Waals surface area contributed by atoms with E-state index in [4.69, 9.17) is 0 Å². The minimum absolute atomic E-state index is 0.371. The molecule has 68 valence electrons. The maximum atomic E-state index is 4.44. The van der Waals surface area contributed by atoms with Gasteiger partial charge in [-0.3, -0.25) is 0 Å². The van der Waals surface area contributed by atoms with E-state index in [0.717, 1.165) is 24.5 Å². The molecule has 2 aliphatic rings. The molecule has 6 heteroatoms. The summed E-state index contributed by atoms with van der Waals surface area (Å²) >= 11 is 1.83. The SMILES string of the molecule is c1nnc2n1N=C1SCCNC1C2. The van der Waals surface area contributed by atoms with E-state index in [1.165, 1.54) is 5.04 Å². The average molecular weight is 195 g/mol. The monoisotopic (exact) mass is 195 g/mol. The third kappa shape index (κ3) is 1.17. The van der Waals surface area contributed by atoms with Crippen molar-refractivity contribution in [3.63, 3.8) is 0 Å². The van der Waals surface area contributed by atoms with Crippen molar-refractivity contribution in [3.05, 3.63) is 12.2 Å². The van der Waals surface area contributed by atoms with E-state index in [1.807, 2.05) is 11.8 Å². The molecule has 2 aliphatic heterocycles. The lowest BCUT2D eigenvalue weighted by molar-refractivity contribution is 0.581. The third-order valence-electron chi connectivity index (χ3n) is 2.23. The van der Waals surface area contributed by atoms with E-state index in [0.29, 0.717) is 6.04 Å². The highest BCUT2D eigenvalue weighted by Gasteiger charge is 2.27. The summed E-state index contributed by atoms with van der Waals surface area (Å²) < 4.78 is 1.77. The van der Waals surface area contributed by atoms with Gasteiger partial charge in [0.1, 0.15) is 11.4 Å². The molecule has 0 aliphatic carbocycles. The quantitative estimate of drug-likeness (QED) is 0.617. The molecular formula is C7H9N5S. The molecule has 1 aromatic rings. The summed E-state index contributed by atoms with van der Waals surface area (Å²) in [4.78, 5) is 0. The van der Waals surface area contributed by atoms with Crippen LogP contribution >= 0.6 is 11.8 Å². The zero-order chi connectivity index (χ0) is 8.67. The van der Waals surface area contributed by atoms with Crippen molar-refractivity contribution in [1.29, 1.82) is 0 Å². The Morgan fingerprint density at radius 1 is 1.62 bits per heavy atom. The number of nitrogens with one attached hydrogen (secondary N) is 1.